The van der Waals surface area contributed by atoms with Gasteiger partial charge in [-0.3, -0.25) is 9.69 Å². The van der Waals surface area contributed by atoms with E-state index in [1.165, 1.54) is 60.5 Å². The minimum absolute atomic E-state index is 0.0572. The molecule has 0 bridgehead atoms. The molecule has 0 aliphatic carbocycles. The first kappa shape index (κ1) is 24.4. The molecule has 1 amide bonds. The quantitative estimate of drug-likeness (QED) is 0.435. The molecule has 0 spiro atoms. The van der Waals surface area contributed by atoms with Gasteiger partial charge < -0.3 is 10.1 Å². The van der Waals surface area contributed by atoms with Crippen LogP contribution in [0, 0.1) is 0 Å². The van der Waals surface area contributed by atoms with Gasteiger partial charge in [0, 0.05) is 16.9 Å². The average molecular weight is 515 g/mol. The number of benzene rings is 3. The third kappa shape index (κ3) is 5.05. The molecule has 12 heteroatoms. The maximum Gasteiger partial charge on any atom is 0.275 e. The van der Waals surface area contributed by atoms with Crippen LogP contribution >= 0.6 is 0 Å². The largest absolute Gasteiger partial charge is 0.496 e. The Morgan fingerprint density at radius 3 is 1.91 bits per heavy atom. The maximum atomic E-state index is 13.5. The highest BCUT2D eigenvalue weighted by Gasteiger charge is 2.36. The Hall–Kier alpha value is -3.71. The van der Waals surface area contributed by atoms with E-state index in [0.29, 0.717) is 22.7 Å². The molecule has 1 heterocycles. The molecule has 0 radical (unpaired) electrons. The Balaban J connectivity index is 1.74. The third-order valence-corrected chi connectivity index (χ3v) is 7.27. The molecule has 3 aromatic rings. The highest BCUT2D eigenvalue weighted by atomic mass is 32.2. The van der Waals surface area contributed by atoms with Crippen molar-refractivity contribution < 1.29 is 26.4 Å². The first-order valence-corrected chi connectivity index (χ1v) is 13.3. The molecule has 0 fully saturated rings. The smallest absolute Gasteiger partial charge is 0.275 e. The van der Waals surface area contributed by atoms with Crippen LogP contribution in [0.15, 0.2) is 94.4 Å². The van der Waals surface area contributed by atoms with Crippen molar-refractivity contribution in [2.45, 2.75) is 15.8 Å². The van der Waals surface area contributed by atoms with Crippen molar-refractivity contribution in [2.24, 2.45) is 10.3 Å². The lowest BCUT2D eigenvalue weighted by Crippen LogP contribution is -2.31. The van der Waals surface area contributed by atoms with Crippen molar-refractivity contribution in [2.75, 3.05) is 17.3 Å². The number of methoxy groups -OCH3 is 1. The molecule has 3 aromatic carbocycles. The number of para-hydroxylation sites is 1. The van der Waals surface area contributed by atoms with Crippen molar-refractivity contribution >= 4 is 37.3 Å². The number of carbonyl (C=O) groups is 1. The molecule has 1 atom stereocenters. The normalized spacial score (nSPS) is 16.2. The fraction of sp³-hybridized carbons (Fsp3) is 0.0870. The summed E-state index contributed by atoms with van der Waals surface area (Å²) >= 11 is 0. The van der Waals surface area contributed by atoms with Crippen LogP contribution in [0.5, 0.6) is 5.75 Å². The zero-order valence-electron chi connectivity index (χ0n) is 18.5. The van der Waals surface area contributed by atoms with E-state index in [0.717, 1.165) is 0 Å². The first-order valence-electron chi connectivity index (χ1n) is 10.2. The zero-order chi connectivity index (χ0) is 25.4. The monoisotopic (exact) mass is 514 g/mol. The van der Waals surface area contributed by atoms with Gasteiger partial charge in [0.05, 0.1) is 22.9 Å². The summed E-state index contributed by atoms with van der Waals surface area (Å²) in [6.07, 6.45) is 1.71. The van der Waals surface area contributed by atoms with Gasteiger partial charge in [0.15, 0.2) is 0 Å². The van der Waals surface area contributed by atoms with Gasteiger partial charge in [-0.05, 0) is 60.7 Å². The van der Waals surface area contributed by atoms with E-state index in [4.69, 9.17) is 15.0 Å². The topological polar surface area (TPSA) is 162 Å². The van der Waals surface area contributed by atoms with Gasteiger partial charge in [-0.1, -0.05) is 18.2 Å². The summed E-state index contributed by atoms with van der Waals surface area (Å²) in [6.45, 7) is 0. The molecule has 4 rings (SSSR count). The molecule has 10 nitrogen and oxygen atoms in total. The van der Waals surface area contributed by atoms with E-state index >= 15 is 0 Å². The van der Waals surface area contributed by atoms with Crippen LogP contribution in [0.4, 0.5) is 11.4 Å². The molecule has 1 aliphatic rings. The SMILES string of the molecule is COc1ccccc1C1C=C(Nc2ccc(S(N)(=O)=O)cc2)C(=O)N1c1ccc(S(N)(=O)=O)cc1. The predicted molar refractivity (Wildman–Crippen MR) is 131 cm³/mol. The number of carbonyl (C=O) groups excluding carboxylic acids is 1. The number of sulfonamides is 2. The van der Waals surface area contributed by atoms with E-state index < -0.39 is 26.1 Å². The number of anilines is 2. The summed E-state index contributed by atoms with van der Waals surface area (Å²) in [5.41, 5.74) is 1.86. The summed E-state index contributed by atoms with van der Waals surface area (Å²) in [5, 5.41) is 13.4. The van der Waals surface area contributed by atoms with Crippen LogP contribution in [0.1, 0.15) is 11.6 Å². The minimum atomic E-state index is -3.90. The maximum absolute atomic E-state index is 13.5. The number of nitrogens with two attached hydrogens (primary N) is 2. The highest BCUT2D eigenvalue weighted by Crippen LogP contribution is 2.39. The fourth-order valence-electron chi connectivity index (χ4n) is 3.75. The summed E-state index contributed by atoms with van der Waals surface area (Å²) < 4.78 is 51.8. The summed E-state index contributed by atoms with van der Waals surface area (Å²) in [5.74, 6) is 0.172. The molecule has 0 saturated heterocycles. The number of amides is 1. The third-order valence-electron chi connectivity index (χ3n) is 5.41. The van der Waals surface area contributed by atoms with Gasteiger partial charge in [-0.15, -0.1) is 0 Å². The van der Waals surface area contributed by atoms with Crippen LogP contribution in [-0.4, -0.2) is 29.9 Å². The number of hydrogen-bond donors (Lipinski definition) is 3. The van der Waals surface area contributed by atoms with Gasteiger partial charge in [0.25, 0.3) is 5.91 Å². The Morgan fingerprint density at radius 1 is 0.829 bits per heavy atom. The number of ether oxygens (including phenoxy) is 1. The molecule has 5 N–H and O–H groups in total. The summed E-state index contributed by atoms with van der Waals surface area (Å²) in [6, 6.07) is 17.9. The molecular formula is C23H22N4O6S2. The standard InChI is InChI=1S/C23H22N4O6S2/c1-33-22-5-3-2-4-19(22)21-14-20(26-15-6-10-17(11-7-15)34(24,29)30)23(28)27(21)16-8-12-18(13-9-16)35(25,31)32/h2-14,21,26H,1H3,(H2,24,29,30)(H2,25,31,32). The molecule has 0 aromatic heterocycles. The second-order valence-electron chi connectivity index (χ2n) is 7.68. The predicted octanol–water partition coefficient (Wildman–Crippen LogP) is 2.07. The lowest BCUT2D eigenvalue weighted by Gasteiger charge is -2.26. The molecule has 35 heavy (non-hydrogen) atoms. The van der Waals surface area contributed by atoms with E-state index in [1.807, 2.05) is 12.1 Å². The molecular weight excluding hydrogens is 492 g/mol. The average Bonchev–Trinajstić information content (AvgIpc) is 3.14. The van der Waals surface area contributed by atoms with Crippen LogP contribution < -0.4 is 25.2 Å². The van der Waals surface area contributed by atoms with Crippen molar-refractivity contribution in [3.63, 3.8) is 0 Å². The Kier molecular flexibility index (Phi) is 6.38. The van der Waals surface area contributed by atoms with Crippen LogP contribution in [0.25, 0.3) is 0 Å². The number of nitrogens with zero attached hydrogens (tertiary/aromatic N) is 1. The second kappa shape index (κ2) is 9.15. The van der Waals surface area contributed by atoms with Gasteiger partial charge in [0.1, 0.15) is 11.4 Å². The van der Waals surface area contributed by atoms with Crippen LogP contribution in [0.3, 0.4) is 0 Å². The van der Waals surface area contributed by atoms with Crippen LogP contribution in [0.2, 0.25) is 0 Å². The van der Waals surface area contributed by atoms with Crippen molar-refractivity contribution in [1.29, 1.82) is 0 Å². The van der Waals surface area contributed by atoms with Crippen molar-refractivity contribution in [3.05, 3.63) is 90.1 Å². The number of nitrogens with one attached hydrogen (secondary N) is 1. The number of primary sulfonamides is 2. The number of rotatable bonds is 7. The van der Waals surface area contributed by atoms with Crippen molar-refractivity contribution in [1.82, 2.24) is 0 Å². The van der Waals surface area contributed by atoms with Gasteiger partial charge in [-0.2, -0.15) is 0 Å². The number of hydrogen-bond acceptors (Lipinski definition) is 7. The Morgan fingerprint density at radius 2 is 1.37 bits per heavy atom. The van der Waals surface area contributed by atoms with Gasteiger partial charge in [0.2, 0.25) is 20.0 Å². The molecule has 182 valence electrons. The second-order valence-corrected chi connectivity index (χ2v) is 10.8. The van der Waals surface area contributed by atoms with Gasteiger partial charge in [-0.25, -0.2) is 27.1 Å². The lowest BCUT2D eigenvalue weighted by molar-refractivity contribution is -0.114. The Bertz CT molecular complexity index is 1520. The summed E-state index contributed by atoms with van der Waals surface area (Å²) in [7, 11) is -6.23. The van der Waals surface area contributed by atoms with Crippen LogP contribution in [-0.2, 0) is 24.8 Å². The molecule has 0 saturated carbocycles. The first-order chi connectivity index (χ1) is 16.5. The lowest BCUT2D eigenvalue weighted by atomic mass is 10.0. The van der Waals surface area contributed by atoms with E-state index in [9.17, 15) is 21.6 Å². The molecule has 1 aliphatic heterocycles. The van der Waals surface area contributed by atoms with Gasteiger partial charge >= 0.3 is 0 Å². The van der Waals surface area contributed by atoms with E-state index in [1.54, 1.807) is 18.2 Å². The molecule has 1 unspecified atom stereocenters. The fourth-order valence-corrected chi connectivity index (χ4v) is 4.78. The Labute approximate surface area is 202 Å². The van der Waals surface area contributed by atoms with E-state index in [-0.39, 0.29) is 21.4 Å². The highest BCUT2D eigenvalue weighted by molar-refractivity contribution is 7.89. The minimum Gasteiger partial charge on any atom is -0.496 e. The summed E-state index contributed by atoms with van der Waals surface area (Å²) in [4.78, 5) is 14.9. The van der Waals surface area contributed by atoms with E-state index in [2.05, 4.69) is 5.32 Å². The van der Waals surface area contributed by atoms with Crippen molar-refractivity contribution in [3.8, 4) is 5.75 Å². The zero-order valence-corrected chi connectivity index (χ0v) is 20.1.